The molecule has 0 radical (unpaired) electrons. The first-order chi connectivity index (χ1) is 12.3. The monoisotopic (exact) mass is 386 g/mol. The number of carbonyl (C=O) groups excluding carboxylic acids is 1. The Balaban J connectivity index is 1.75. The van der Waals surface area contributed by atoms with E-state index in [2.05, 4.69) is 10.5 Å². The molecule has 136 valence electrons. The smallest absolute Gasteiger partial charge is 0.382 e. The molecule has 1 amide bonds. The number of rotatable bonds is 3. The predicted octanol–water partition coefficient (Wildman–Crippen LogP) is 4.63. The van der Waals surface area contributed by atoms with Crippen molar-refractivity contribution in [3.05, 3.63) is 64.4 Å². The van der Waals surface area contributed by atoms with Gasteiger partial charge in [-0.25, -0.2) is 4.39 Å². The van der Waals surface area contributed by atoms with E-state index in [1.54, 1.807) is 0 Å². The fraction of sp³-hybridized carbons (Fsp3) is 0.176. The first-order valence-corrected chi connectivity index (χ1v) is 7.79. The van der Waals surface area contributed by atoms with E-state index in [0.717, 1.165) is 12.1 Å². The van der Waals surface area contributed by atoms with Crippen molar-refractivity contribution in [1.29, 1.82) is 0 Å². The Labute approximate surface area is 150 Å². The highest BCUT2D eigenvalue weighted by Crippen LogP contribution is 2.35. The molecule has 1 aliphatic rings. The molecule has 1 N–H and O–H groups in total. The van der Waals surface area contributed by atoms with Gasteiger partial charge in [-0.1, -0.05) is 35.0 Å². The number of hydrogen-bond donors (Lipinski definition) is 1. The molecule has 3 rings (SSSR count). The molecule has 0 unspecified atom stereocenters. The minimum atomic E-state index is -4.62. The Kier molecular flexibility index (Phi) is 4.86. The Morgan fingerprint density at radius 1 is 1.19 bits per heavy atom. The summed E-state index contributed by atoms with van der Waals surface area (Å²) in [6.45, 7) is 0. The highest BCUT2D eigenvalue weighted by Gasteiger charge is 2.36. The molecule has 1 aliphatic heterocycles. The van der Waals surface area contributed by atoms with Crippen molar-refractivity contribution in [3.8, 4) is 0 Å². The Hall–Kier alpha value is -2.61. The third-order valence-electron chi connectivity index (χ3n) is 3.70. The van der Waals surface area contributed by atoms with Gasteiger partial charge in [0.2, 0.25) is 6.10 Å². The normalized spacial score (nSPS) is 16.8. The fourth-order valence-corrected chi connectivity index (χ4v) is 2.76. The molecule has 0 aromatic heterocycles. The van der Waals surface area contributed by atoms with Crippen LogP contribution in [0.15, 0.2) is 47.6 Å². The van der Waals surface area contributed by atoms with E-state index >= 15 is 0 Å². The molecule has 9 heteroatoms. The first-order valence-electron chi connectivity index (χ1n) is 7.41. The first kappa shape index (κ1) is 18.2. The van der Waals surface area contributed by atoms with E-state index < -0.39 is 35.3 Å². The molecule has 0 saturated carbocycles. The molecule has 1 atom stereocenters. The fourth-order valence-electron chi connectivity index (χ4n) is 2.49. The second-order valence-electron chi connectivity index (χ2n) is 5.47. The summed E-state index contributed by atoms with van der Waals surface area (Å²) in [6, 6.07) is 8.60. The van der Waals surface area contributed by atoms with Crippen molar-refractivity contribution in [2.45, 2.75) is 18.7 Å². The molecular weight excluding hydrogens is 376 g/mol. The maximum atomic E-state index is 13.9. The van der Waals surface area contributed by atoms with Crippen LogP contribution in [0.3, 0.4) is 0 Å². The quantitative estimate of drug-likeness (QED) is 0.782. The molecule has 1 heterocycles. The van der Waals surface area contributed by atoms with Gasteiger partial charge < -0.3 is 10.2 Å². The molecule has 26 heavy (non-hydrogen) atoms. The van der Waals surface area contributed by atoms with Crippen LogP contribution in [-0.4, -0.2) is 17.7 Å². The van der Waals surface area contributed by atoms with Gasteiger partial charge in [-0.3, -0.25) is 4.79 Å². The zero-order valence-electron chi connectivity index (χ0n) is 13.0. The maximum absolute atomic E-state index is 13.9. The summed E-state index contributed by atoms with van der Waals surface area (Å²) in [5.74, 6) is -1.46. The number of carbonyl (C=O) groups is 1. The number of para-hydroxylation sites is 1. The van der Waals surface area contributed by atoms with Crippen molar-refractivity contribution in [1.82, 2.24) is 0 Å². The lowest BCUT2D eigenvalue weighted by atomic mass is 10.0. The zero-order chi connectivity index (χ0) is 18.9. The summed E-state index contributed by atoms with van der Waals surface area (Å²) in [4.78, 5) is 17.2. The molecule has 0 fully saturated rings. The number of amides is 1. The number of nitrogens with one attached hydrogen (secondary N) is 1. The minimum absolute atomic E-state index is 0.000147. The number of anilines is 1. The third kappa shape index (κ3) is 3.65. The van der Waals surface area contributed by atoms with Gasteiger partial charge in [0.15, 0.2) is 0 Å². The molecule has 0 saturated heterocycles. The van der Waals surface area contributed by atoms with Crippen molar-refractivity contribution in [2.75, 3.05) is 5.32 Å². The second kappa shape index (κ2) is 6.95. The average Bonchev–Trinajstić information content (AvgIpc) is 3.04. The van der Waals surface area contributed by atoms with Gasteiger partial charge in [0.05, 0.1) is 27.5 Å². The standard InChI is InChI=1S/C17H11ClF4N2O2/c18-10-5-3-6-11(19)15(10)13-8-14(26-24-13)16(25)23-12-7-2-1-4-9(12)17(20,21)22/h1-7,14H,8H2,(H,23,25)/t14-/m0/s1. The van der Waals surface area contributed by atoms with Crippen LogP contribution in [0.4, 0.5) is 23.2 Å². The van der Waals surface area contributed by atoms with Gasteiger partial charge >= 0.3 is 6.18 Å². The summed E-state index contributed by atoms with van der Waals surface area (Å²) in [5.41, 5.74) is -1.27. The molecule has 0 aliphatic carbocycles. The largest absolute Gasteiger partial charge is 0.418 e. The summed E-state index contributed by atoms with van der Waals surface area (Å²) in [7, 11) is 0. The molecule has 2 aromatic rings. The van der Waals surface area contributed by atoms with Crippen molar-refractivity contribution < 1.29 is 27.2 Å². The lowest BCUT2D eigenvalue weighted by molar-refractivity contribution is -0.137. The summed E-state index contributed by atoms with van der Waals surface area (Å²) < 4.78 is 52.9. The van der Waals surface area contributed by atoms with E-state index in [9.17, 15) is 22.4 Å². The minimum Gasteiger partial charge on any atom is -0.382 e. The molecule has 0 spiro atoms. The van der Waals surface area contributed by atoms with Crippen molar-refractivity contribution in [2.24, 2.45) is 5.16 Å². The van der Waals surface area contributed by atoms with Gasteiger partial charge in [0.1, 0.15) is 5.82 Å². The van der Waals surface area contributed by atoms with Crippen molar-refractivity contribution >= 4 is 28.9 Å². The average molecular weight is 387 g/mol. The zero-order valence-corrected chi connectivity index (χ0v) is 13.7. The van der Waals surface area contributed by atoms with Gasteiger partial charge in [-0.2, -0.15) is 13.2 Å². The van der Waals surface area contributed by atoms with Crippen LogP contribution >= 0.6 is 11.6 Å². The number of alkyl halides is 3. The Bertz CT molecular complexity index is 863. The van der Waals surface area contributed by atoms with Crippen molar-refractivity contribution in [3.63, 3.8) is 0 Å². The van der Waals surface area contributed by atoms with E-state index in [1.807, 2.05) is 0 Å². The van der Waals surface area contributed by atoms with Crippen LogP contribution < -0.4 is 5.32 Å². The number of benzene rings is 2. The van der Waals surface area contributed by atoms with Gasteiger partial charge in [0.25, 0.3) is 5.91 Å². The van der Waals surface area contributed by atoms with E-state index in [0.29, 0.717) is 0 Å². The molecular formula is C17H11ClF4N2O2. The van der Waals surface area contributed by atoms with Gasteiger partial charge in [0, 0.05) is 6.42 Å². The van der Waals surface area contributed by atoms with E-state index in [1.165, 1.54) is 30.3 Å². The third-order valence-corrected chi connectivity index (χ3v) is 4.02. The number of nitrogens with zero attached hydrogens (tertiary/aromatic N) is 1. The number of halogens is 5. The van der Waals surface area contributed by atoms with Crippen LogP contribution in [0.5, 0.6) is 0 Å². The molecule has 2 aromatic carbocycles. The second-order valence-corrected chi connectivity index (χ2v) is 5.87. The maximum Gasteiger partial charge on any atom is 0.418 e. The topological polar surface area (TPSA) is 50.7 Å². The number of hydrogen-bond acceptors (Lipinski definition) is 3. The van der Waals surface area contributed by atoms with Crippen LogP contribution in [0, 0.1) is 5.82 Å². The predicted molar refractivity (Wildman–Crippen MR) is 87.5 cm³/mol. The van der Waals surface area contributed by atoms with Crippen LogP contribution in [0.2, 0.25) is 5.02 Å². The van der Waals surface area contributed by atoms with Crippen LogP contribution in [0.25, 0.3) is 0 Å². The Morgan fingerprint density at radius 2 is 1.92 bits per heavy atom. The van der Waals surface area contributed by atoms with Crippen LogP contribution in [-0.2, 0) is 15.8 Å². The summed E-state index contributed by atoms with van der Waals surface area (Å²) in [5, 5.41) is 5.92. The molecule has 0 bridgehead atoms. The van der Waals surface area contributed by atoms with E-state index in [-0.39, 0.29) is 22.7 Å². The lowest BCUT2D eigenvalue weighted by Crippen LogP contribution is -2.29. The lowest BCUT2D eigenvalue weighted by Gasteiger charge is -2.15. The molecule has 4 nitrogen and oxygen atoms in total. The van der Waals surface area contributed by atoms with Gasteiger partial charge in [-0.15, -0.1) is 0 Å². The highest BCUT2D eigenvalue weighted by molar-refractivity contribution is 6.34. The summed E-state index contributed by atoms with van der Waals surface area (Å²) >= 11 is 5.94. The highest BCUT2D eigenvalue weighted by atomic mass is 35.5. The number of oxime groups is 1. The SMILES string of the molecule is O=C(Nc1ccccc1C(F)(F)F)[C@@H]1CC(c2c(F)cccc2Cl)=NO1. The van der Waals surface area contributed by atoms with E-state index in [4.69, 9.17) is 16.4 Å². The Morgan fingerprint density at radius 3 is 2.62 bits per heavy atom. The van der Waals surface area contributed by atoms with Gasteiger partial charge in [-0.05, 0) is 24.3 Å². The van der Waals surface area contributed by atoms with Crippen LogP contribution in [0.1, 0.15) is 17.5 Å². The summed E-state index contributed by atoms with van der Waals surface area (Å²) in [6.07, 6.45) is -5.94.